The lowest BCUT2D eigenvalue weighted by atomic mass is 10.1. The van der Waals surface area contributed by atoms with Crippen LogP contribution >= 0.6 is 11.6 Å². The van der Waals surface area contributed by atoms with Crippen molar-refractivity contribution in [3.63, 3.8) is 0 Å². The molecule has 2 aromatic rings. The summed E-state index contributed by atoms with van der Waals surface area (Å²) in [5.74, 6) is 0.487. The second kappa shape index (κ2) is 8.21. The van der Waals surface area contributed by atoms with Crippen LogP contribution in [-0.4, -0.2) is 16.8 Å². The van der Waals surface area contributed by atoms with Gasteiger partial charge in [-0.1, -0.05) is 74.5 Å². The predicted octanol–water partition coefficient (Wildman–Crippen LogP) is 4.95. The molecular formula is C19H24ClN. The second-order valence-corrected chi connectivity index (χ2v) is 6.46. The number of hydrogen-bond donors (Lipinski definition) is 0. The lowest BCUT2D eigenvalue weighted by molar-refractivity contribution is 0.244. The molecule has 1 atom stereocenters. The van der Waals surface area contributed by atoms with E-state index in [0.29, 0.717) is 5.92 Å². The molecule has 0 spiro atoms. The number of benzene rings is 2. The van der Waals surface area contributed by atoms with Gasteiger partial charge in [-0.05, 0) is 17.0 Å². The summed E-state index contributed by atoms with van der Waals surface area (Å²) in [6.45, 7) is 7.14. The Labute approximate surface area is 133 Å². The van der Waals surface area contributed by atoms with Crippen molar-refractivity contribution in [3.05, 3.63) is 71.8 Å². The fourth-order valence-electron chi connectivity index (χ4n) is 2.33. The van der Waals surface area contributed by atoms with Gasteiger partial charge in [0.2, 0.25) is 0 Å². The van der Waals surface area contributed by atoms with E-state index in [9.17, 15) is 0 Å². The third-order valence-corrected chi connectivity index (χ3v) is 4.30. The maximum Gasteiger partial charge on any atom is 0.0486 e. The maximum atomic E-state index is 6.50. The van der Waals surface area contributed by atoms with E-state index >= 15 is 0 Å². The Kier molecular flexibility index (Phi) is 6.28. The molecule has 2 aromatic carbocycles. The Morgan fingerprint density at radius 2 is 1.24 bits per heavy atom. The number of alkyl halides is 1. The quantitative estimate of drug-likeness (QED) is 0.654. The summed E-state index contributed by atoms with van der Waals surface area (Å²) < 4.78 is 0. The Morgan fingerprint density at radius 1 is 0.810 bits per heavy atom. The van der Waals surface area contributed by atoms with Crippen molar-refractivity contribution < 1.29 is 0 Å². The van der Waals surface area contributed by atoms with E-state index in [-0.39, 0.29) is 5.38 Å². The lowest BCUT2D eigenvalue weighted by Gasteiger charge is -2.26. The van der Waals surface area contributed by atoms with E-state index in [4.69, 9.17) is 11.6 Å². The molecule has 0 saturated heterocycles. The van der Waals surface area contributed by atoms with Crippen LogP contribution in [0.15, 0.2) is 60.7 Å². The zero-order valence-electron chi connectivity index (χ0n) is 12.9. The third kappa shape index (κ3) is 5.53. The molecule has 2 rings (SSSR count). The van der Waals surface area contributed by atoms with Gasteiger partial charge in [-0.2, -0.15) is 0 Å². The summed E-state index contributed by atoms with van der Waals surface area (Å²) in [5, 5.41) is 0.178. The molecule has 0 aliphatic rings. The topological polar surface area (TPSA) is 3.24 Å². The van der Waals surface area contributed by atoms with Crippen molar-refractivity contribution in [2.24, 2.45) is 5.92 Å². The normalized spacial score (nSPS) is 12.8. The molecule has 0 aromatic heterocycles. The fraction of sp³-hybridized carbons (Fsp3) is 0.368. The maximum absolute atomic E-state index is 6.50. The van der Waals surface area contributed by atoms with Crippen molar-refractivity contribution in [1.29, 1.82) is 0 Å². The van der Waals surface area contributed by atoms with E-state index in [1.54, 1.807) is 0 Å². The molecular weight excluding hydrogens is 278 g/mol. The number of rotatable bonds is 7. The molecule has 1 nitrogen and oxygen atoms in total. The predicted molar refractivity (Wildman–Crippen MR) is 91.5 cm³/mol. The Balaban J connectivity index is 2.06. The minimum absolute atomic E-state index is 0.178. The average molecular weight is 302 g/mol. The summed E-state index contributed by atoms with van der Waals surface area (Å²) in [6, 6.07) is 21.2. The van der Waals surface area contributed by atoms with Crippen LogP contribution in [0.5, 0.6) is 0 Å². The van der Waals surface area contributed by atoms with E-state index in [0.717, 1.165) is 19.6 Å². The molecule has 0 heterocycles. The molecule has 0 aliphatic heterocycles. The molecule has 2 heteroatoms. The summed E-state index contributed by atoms with van der Waals surface area (Å²) in [6.07, 6.45) is 0. The van der Waals surface area contributed by atoms with Crippen LogP contribution in [0.25, 0.3) is 0 Å². The highest BCUT2D eigenvalue weighted by Gasteiger charge is 2.15. The van der Waals surface area contributed by atoms with Crippen molar-refractivity contribution in [2.45, 2.75) is 32.3 Å². The van der Waals surface area contributed by atoms with Gasteiger partial charge in [0.05, 0.1) is 0 Å². The van der Waals surface area contributed by atoms with Crippen LogP contribution in [0.3, 0.4) is 0 Å². The molecule has 21 heavy (non-hydrogen) atoms. The highest BCUT2D eigenvalue weighted by atomic mass is 35.5. The van der Waals surface area contributed by atoms with E-state index in [1.165, 1.54) is 11.1 Å². The molecule has 0 aliphatic carbocycles. The van der Waals surface area contributed by atoms with Gasteiger partial charge in [-0.15, -0.1) is 11.6 Å². The van der Waals surface area contributed by atoms with Crippen LogP contribution in [0.4, 0.5) is 0 Å². The zero-order valence-corrected chi connectivity index (χ0v) is 13.6. The molecule has 0 fully saturated rings. The van der Waals surface area contributed by atoms with E-state index in [2.05, 4.69) is 79.4 Å². The minimum Gasteiger partial charge on any atom is -0.293 e. The number of halogens is 1. The van der Waals surface area contributed by atoms with Crippen LogP contribution < -0.4 is 0 Å². The first-order chi connectivity index (χ1) is 10.1. The van der Waals surface area contributed by atoms with Gasteiger partial charge in [0.1, 0.15) is 0 Å². The molecule has 0 amide bonds. The van der Waals surface area contributed by atoms with Crippen molar-refractivity contribution in [1.82, 2.24) is 4.90 Å². The fourth-order valence-corrected chi connectivity index (χ4v) is 2.52. The molecule has 0 saturated carbocycles. The smallest absolute Gasteiger partial charge is 0.0486 e. The van der Waals surface area contributed by atoms with Crippen LogP contribution in [0, 0.1) is 5.92 Å². The summed E-state index contributed by atoms with van der Waals surface area (Å²) in [5.41, 5.74) is 2.67. The van der Waals surface area contributed by atoms with E-state index in [1.807, 2.05) is 0 Å². The Hall–Kier alpha value is -1.31. The summed E-state index contributed by atoms with van der Waals surface area (Å²) in [4.78, 5) is 2.43. The van der Waals surface area contributed by atoms with Gasteiger partial charge in [-0.3, -0.25) is 4.90 Å². The van der Waals surface area contributed by atoms with Gasteiger partial charge in [0.15, 0.2) is 0 Å². The molecule has 0 radical (unpaired) electrons. The van der Waals surface area contributed by atoms with Gasteiger partial charge in [0.25, 0.3) is 0 Å². The number of hydrogen-bond acceptors (Lipinski definition) is 1. The standard InChI is InChI=1S/C19H24ClN/c1-16(2)19(20)15-21(13-17-9-5-3-6-10-17)14-18-11-7-4-8-12-18/h3-12,16,19H,13-15H2,1-2H3/t19-/m0/s1. The summed E-state index contributed by atoms with van der Waals surface area (Å²) in [7, 11) is 0. The highest BCUT2D eigenvalue weighted by Crippen LogP contribution is 2.16. The minimum atomic E-state index is 0.178. The van der Waals surface area contributed by atoms with E-state index < -0.39 is 0 Å². The van der Waals surface area contributed by atoms with Gasteiger partial charge in [0, 0.05) is 25.0 Å². The Morgan fingerprint density at radius 3 is 1.62 bits per heavy atom. The first-order valence-corrected chi connectivity index (χ1v) is 8.03. The zero-order chi connectivity index (χ0) is 15.1. The monoisotopic (exact) mass is 301 g/mol. The van der Waals surface area contributed by atoms with Gasteiger partial charge >= 0.3 is 0 Å². The Bertz CT molecular complexity index is 468. The third-order valence-electron chi connectivity index (χ3n) is 3.65. The van der Waals surface area contributed by atoms with Crippen LogP contribution in [0.1, 0.15) is 25.0 Å². The van der Waals surface area contributed by atoms with Crippen molar-refractivity contribution in [3.8, 4) is 0 Å². The SMILES string of the molecule is CC(C)[C@@H](Cl)CN(Cc1ccccc1)Cc1ccccc1. The van der Waals surface area contributed by atoms with Crippen molar-refractivity contribution >= 4 is 11.6 Å². The molecule has 112 valence electrons. The largest absolute Gasteiger partial charge is 0.293 e. The molecule has 0 unspecified atom stereocenters. The molecule has 0 N–H and O–H groups in total. The number of nitrogens with zero attached hydrogens (tertiary/aromatic N) is 1. The van der Waals surface area contributed by atoms with Gasteiger partial charge in [-0.25, -0.2) is 0 Å². The van der Waals surface area contributed by atoms with Crippen LogP contribution in [0.2, 0.25) is 0 Å². The van der Waals surface area contributed by atoms with Crippen molar-refractivity contribution in [2.75, 3.05) is 6.54 Å². The first kappa shape index (κ1) is 16.1. The molecule has 0 bridgehead atoms. The first-order valence-electron chi connectivity index (χ1n) is 7.59. The lowest BCUT2D eigenvalue weighted by Crippen LogP contribution is -2.31. The average Bonchev–Trinajstić information content (AvgIpc) is 2.49. The highest BCUT2D eigenvalue weighted by molar-refractivity contribution is 6.20. The second-order valence-electron chi connectivity index (χ2n) is 5.90. The van der Waals surface area contributed by atoms with Crippen LogP contribution in [-0.2, 0) is 13.1 Å². The summed E-state index contributed by atoms with van der Waals surface area (Å²) >= 11 is 6.50. The van der Waals surface area contributed by atoms with Gasteiger partial charge < -0.3 is 0 Å².